The summed E-state index contributed by atoms with van der Waals surface area (Å²) in [6, 6.07) is 8.16. The largest absolute Gasteiger partial charge is 0.463 e. The van der Waals surface area contributed by atoms with Crippen molar-refractivity contribution in [3.8, 4) is 0 Å². The van der Waals surface area contributed by atoms with Gasteiger partial charge in [0.05, 0.1) is 28.4 Å². The molecule has 162 valence electrons. The standard InChI is InChI=1S/C19H23N3O6S2/c1-2-28-19(25)12-18-22(17(24)14-29-18)13-16(23)20-8-10-21(11-9-20)30(26,27)15-6-4-3-5-7-15/h3-7,12H,2,8-11,13-14H2,1H3/b18-12-. The zero-order valence-corrected chi connectivity index (χ0v) is 18.2. The van der Waals surface area contributed by atoms with Crippen LogP contribution < -0.4 is 0 Å². The summed E-state index contributed by atoms with van der Waals surface area (Å²) in [5, 5.41) is 0.386. The van der Waals surface area contributed by atoms with Gasteiger partial charge in [-0.3, -0.25) is 14.5 Å². The molecule has 3 rings (SSSR count). The van der Waals surface area contributed by atoms with Crippen molar-refractivity contribution in [1.82, 2.24) is 14.1 Å². The Labute approximate surface area is 179 Å². The number of hydrogen-bond donors (Lipinski definition) is 0. The van der Waals surface area contributed by atoms with Gasteiger partial charge in [-0.15, -0.1) is 0 Å². The highest BCUT2D eigenvalue weighted by atomic mass is 32.2. The summed E-state index contributed by atoms with van der Waals surface area (Å²) in [7, 11) is -3.60. The Bertz CT molecular complexity index is 940. The first-order chi connectivity index (χ1) is 14.3. The Morgan fingerprint density at radius 3 is 2.43 bits per heavy atom. The summed E-state index contributed by atoms with van der Waals surface area (Å²) in [6.07, 6.45) is 1.22. The van der Waals surface area contributed by atoms with Gasteiger partial charge < -0.3 is 9.64 Å². The summed E-state index contributed by atoms with van der Waals surface area (Å²) >= 11 is 1.18. The highest BCUT2D eigenvalue weighted by Gasteiger charge is 2.33. The summed E-state index contributed by atoms with van der Waals surface area (Å²) in [5.41, 5.74) is 0. The van der Waals surface area contributed by atoms with E-state index in [1.54, 1.807) is 37.3 Å². The van der Waals surface area contributed by atoms with Crippen molar-refractivity contribution in [3.63, 3.8) is 0 Å². The van der Waals surface area contributed by atoms with Crippen LogP contribution in [0.25, 0.3) is 0 Å². The zero-order chi connectivity index (χ0) is 21.7. The van der Waals surface area contributed by atoms with Crippen LogP contribution in [0.2, 0.25) is 0 Å². The molecule has 2 heterocycles. The second kappa shape index (κ2) is 9.63. The van der Waals surface area contributed by atoms with Crippen molar-refractivity contribution >= 4 is 39.6 Å². The van der Waals surface area contributed by atoms with Crippen molar-refractivity contribution in [2.45, 2.75) is 11.8 Å². The Morgan fingerprint density at radius 2 is 1.80 bits per heavy atom. The lowest BCUT2D eigenvalue weighted by atomic mass is 10.3. The van der Waals surface area contributed by atoms with E-state index in [1.807, 2.05) is 0 Å². The van der Waals surface area contributed by atoms with Crippen LogP contribution in [0.15, 0.2) is 46.3 Å². The maximum absolute atomic E-state index is 12.7. The predicted molar refractivity (Wildman–Crippen MR) is 111 cm³/mol. The van der Waals surface area contributed by atoms with Gasteiger partial charge in [-0.1, -0.05) is 30.0 Å². The topological polar surface area (TPSA) is 104 Å². The molecule has 0 aliphatic carbocycles. The lowest BCUT2D eigenvalue weighted by molar-refractivity contribution is -0.139. The molecule has 2 fully saturated rings. The lowest BCUT2D eigenvalue weighted by Gasteiger charge is -2.34. The van der Waals surface area contributed by atoms with Crippen LogP contribution in [0.3, 0.4) is 0 Å². The van der Waals surface area contributed by atoms with Gasteiger partial charge in [-0.25, -0.2) is 13.2 Å². The van der Waals surface area contributed by atoms with E-state index in [2.05, 4.69) is 0 Å². The average molecular weight is 454 g/mol. The van der Waals surface area contributed by atoms with Crippen LogP contribution in [0.5, 0.6) is 0 Å². The summed E-state index contributed by atoms with van der Waals surface area (Å²) in [6.45, 7) is 2.53. The molecular formula is C19H23N3O6S2. The summed E-state index contributed by atoms with van der Waals surface area (Å²) in [4.78, 5) is 39.5. The molecule has 0 aromatic heterocycles. The van der Waals surface area contributed by atoms with Crippen LogP contribution in [-0.2, 0) is 29.1 Å². The van der Waals surface area contributed by atoms with E-state index in [9.17, 15) is 22.8 Å². The van der Waals surface area contributed by atoms with E-state index in [0.717, 1.165) is 0 Å². The maximum atomic E-state index is 12.7. The molecule has 2 saturated heterocycles. The fraction of sp³-hybridized carbons (Fsp3) is 0.421. The van der Waals surface area contributed by atoms with Crippen molar-refractivity contribution in [3.05, 3.63) is 41.4 Å². The highest BCUT2D eigenvalue weighted by Crippen LogP contribution is 2.29. The van der Waals surface area contributed by atoms with E-state index in [0.29, 0.717) is 5.03 Å². The fourth-order valence-electron chi connectivity index (χ4n) is 3.14. The van der Waals surface area contributed by atoms with Crippen molar-refractivity contribution in [1.29, 1.82) is 0 Å². The average Bonchev–Trinajstić information content (AvgIpc) is 3.08. The van der Waals surface area contributed by atoms with Crippen LogP contribution in [-0.4, -0.2) is 85.4 Å². The molecule has 1 aromatic rings. The minimum absolute atomic E-state index is 0.154. The number of nitrogens with zero attached hydrogens (tertiary/aromatic N) is 3. The lowest BCUT2D eigenvalue weighted by Crippen LogP contribution is -2.52. The second-order valence-electron chi connectivity index (χ2n) is 6.60. The quantitative estimate of drug-likeness (QED) is 0.456. The number of ether oxygens (including phenoxy) is 1. The van der Waals surface area contributed by atoms with E-state index in [1.165, 1.54) is 31.9 Å². The number of esters is 1. The molecule has 0 bridgehead atoms. The Balaban J connectivity index is 1.60. The molecule has 0 unspecified atom stereocenters. The van der Waals surface area contributed by atoms with Crippen molar-refractivity contribution in [2.24, 2.45) is 0 Å². The first kappa shape index (κ1) is 22.3. The van der Waals surface area contributed by atoms with Crippen LogP contribution in [0, 0.1) is 0 Å². The normalized spacial score (nSPS) is 19.4. The summed E-state index contributed by atoms with van der Waals surface area (Å²) in [5.74, 6) is -0.958. The van der Waals surface area contributed by atoms with Gasteiger partial charge in [0.1, 0.15) is 6.54 Å². The minimum Gasteiger partial charge on any atom is -0.463 e. The number of benzene rings is 1. The molecule has 2 amide bonds. The predicted octanol–water partition coefficient (Wildman–Crippen LogP) is 0.499. The Kier molecular flexibility index (Phi) is 7.16. The number of carbonyl (C=O) groups is 3. The first-order valence-electron chi connectivity index (χ1n) is 9.47. The SMILES string of the molecule is CCOC(=O)/C=C1\SCC(=O)N1CC(=O)N1CCN(S(=O)(=O)c2ccccc2)CC1. The van der Waals surface area contributed by atoms with Gasteiger partial charge in [-0.2, -0.15) is 4.31 Å². The van der Waals surface area contributed by atoms with E-state index >= 15 is 0 Å². The number of rotatable bonds is 6. The van der Waals surface area contributed by atoms with E-state index in [-0.39, 0.29) is 61.8 Å². The van der Waals surface area contributed by atoms with Gasteiger partial charge >= 0.3 is 5.97 Å². The van der Waals surface area contributed by atoms with Gasteiger partial charge in [0.15, 0.2) is 0 Å². The van der Waals surface area contributed by atoms with Crippen LogP contribution in [0.4, 0.5) is 0 Å². The van der Waals surface area contributed by atoms with Gasteiger partial charge in [-0.05, 0) is 19.1 Å². The third-order valence-corrected chi connectivity index (χ3v) is 7.64. The molecule has 0 spiro atoms. The molecule has 0 N–H and O–H groups in total. The number of carbonyl (C=O) groups excluding carboxylic acids is 3. The van der Waals surface area contributed by atoms with Crippen molar-refractivity contribution in [2.75, 3.05) is 45.1 Å². The molecule has 2 aliphatic rings. The molecule has 0 saturated carbocycles. The van der Waals surface area contributed by atoms with Crippen molar-refractivity contribution < 1.29 is 27.5 Å². The molecule has 11 heteroatoms. The highest BCUT2D eigenvalue weighted by molar-refractivity contribution is 8.04. The molecule has 2 aliphatic heterocycles. The van der Waals surface area contributed by atoms with Gasteiger partial charge in [0.25, 0.3) is 0 Å². The first-order valence-corrected chi connectivity index (χ1v) is 11.9. The molecule has 30 heavy (non-hydrogen) atoms. The summed E-state index contributed by atoms with van der Waals surface area (Å²) < 4.78 is 31.6. The number of thioether (sulfide) groups is 1. The number of piperazine rings is 1. The van der Waals surface area contributed by atoms with Gasteiger partial charge in [0.2, 0.25) is 21.8 Å². The smallest absolute Gasteiger partial charge is 0.333 e. The number of sulfonamides is 1. The molecule has 1 aromatic carbocycles. The number of hydrogen-bond acceptors (Lipinski definition) is 7. The Morgan fingerprint density at radius 1 is 1.13 bits per heavy atom. The molecular weight excluding hydrogens is 430 g/mol. The maximum Gasteiger partial charge on any atom is 0.333 e. The molecule has 0 radical (unpaired) electrons. The van der Waals surface area contributed by atoms with Gasteiger partial charge in [0, 0.05) is 26.2 Å². The zero-order valence-electron chi connectivity index (χ0n) is 16.5. The van der Waals surface area contributed by atoms with Crippen LogP contribution in [0.1, 0.15) is 6.92 Å². The third kappa shape index (κ3) is 5.02. The fourth-order valence-corrected chi connectivity index (χ4v) is 5.51. The minimum atomic E-state index is -3.60. The van der Waals surface area contributed by atoms with E-state index < -0.39 is 16.0 Å². The third-order valence-electron chi connectivity index (χ3n) is 4.70. The Hall–Kier alpha value is -2.37. The number of amides is 2. The molecule has 9 nitrogen and oxygen atoms in total. The monoisotopic (exact) mass is 453 g/mol. The second-order valence-corrected chi connectivity index (χ2v) is 9.53. The van der Waals surface area contributed by atoms with Crippen LogP contribution >= 0.6 is 11.8 Å². The molecule has 0 atom stereocenters. The van der Waals surface area contributed by atoms with E-state index in [4.69, 9.17) is 4.74 Å².